The SMILES string of the molecule is Fc1ccccc1C(F)(F)Nc1nc(NCc2ccc(C3COCCN3)cc2)ncc1Cl. The summed E-state index contributed by atoms with van der Waals surface area (Å²) in [5.74, 6) is -1.24. The Morgan fingerprint density at radius 2 is 1.94 bits per heavy atom. The molecule has 10 heteroatoms. The van der Waals surface area contributed by atoms with Crippen molar-refractivity contribution in [1.82, 2.24) is 15.3 Å². The lowest BCUT2D eigenvalue weighted by Crippen LogP contribution is -2.34. The van der Waals surface area contributed by atoms with Crippen molar-refractivity contribution in [3.8, 4) is 0 Å². The zero-order valence-corrected chi connectivity index (χ0v) is 17.7. The standard InChI is InChI=1S/C22H21ClF3N5O/c23-17-12-29-21(30-20(17)31-22(25,26)16-3-1-2-4-18(16)24)28-11-14-5-7-15(8-6-14)19-13-32-10-9-27-19/h1-8,12,19,27H,9-11,13H2,(H2,28,29,30,31). The molecule has 0 amide bonds. The summed E-state index contributed by atoms with van der Waals surface area (Å²) in [6.07, 6.45) is 1.20. The van der Waals surface area contributed by atoms with E-state index in [2.05, 4.69) is 20.6 Å². The van der Waals surface area contributed by atoms with Gasteiger partial charge in [0.1, 0.15) is 10.8 Å². The molecule has 1 fully saturated rings. The highest BCUT2D eigenvalue weighted by Crippen LogP contribution is 2.33. The Morgan fingerprint density at radius 3 is 2.66 bits per heavy atom. The van der Waals surface area contributed by atoms with E-state index in [0.29, 0.717) is 19.8 Å². The number of ether oxygens (including phenoxy) is 1. The number of benzene rings is 2. The van der Waals surface area contributed by atoms with E-state index >= 15 is 0 Å². The molecule has 3 N–H and O–H groups in total. The number of halogens is 4. The van der Waals surface area contributed by atoms with E-state index in [1.165, 1.54) is 18.3 Å². The van der Waals surface area contributed by atoms with Gasteiger partial charge in [0.15, 0.2) is 5.82 Å². The summed E-state index contributed by atoms with van der Waals surface area (Å²) in [6.45, 7) is 2.53. The van der Waals surface area contributed by atoms with Gasteiger partial charge in [-0.1, -0.05) is 48.0 Å². The maximum absolute atomic E-state index is 14.6. The second-order valence-corrected chi connectivity index (χ2v) is 7.65. The molecule has 1 aliphatic heterocycles. The highest BCUT2D eigenvalue weighted by Gasteiger charge is 2.35. The van der Waals surface area contributed by atoms with Crippen LogP contribution in [0.3, 0.4) is 0 Å². The fourth-order valence-corrected chi connectivity index (χ4v) is 3.44. The molecular weight excluding hydrogens is 443 g/mol. The van der Waals surface area contributed by atoms with Crippen LogP contribution in [-0.2, 0) is 17.3 Å². The number of morpholine rings is 1. The second kappa shape index (κ2) is 9.72. The Hall–Kier alpha value is -2.88. The molecule has 1 saturated heterocycles. The zero-order valence-electron chi connectivity index (χ0n) is 16.9. The topological polar surface area (TPSA) is 71.1 Å². The lowest BCUT2D eigenvalue weighted by Gasteiger charge is -2.24. The van der Waals surface area contributed by atoms with Crippen LogP contribution < -0.4 is 16.0 Å². The average Bonchev–Trinajstić information content (AvgIpc) is 2.80. The first kappa shape index (κ1) is 22.3. The summed E-state index contributed by atoms with van der Waals surface area (Å²) in [4.78, 5) is 8.05. The van der Waals surface area contributed by atoms with Crippen LogP contribution >= 0.6 is 11.6 Å². The molecule has 6 nitrogen and oxygen atoms in total. The Bertz CT molecular complexity index is 1060. The summed E-state index contributed by atoms with van der Waals surface area (Å²) < 4.78 is 48.4. The molecule has 1 unspecified atom stereocenters. The molecule has 0 spiro atoms. The van der Waals surface area contributed by atoms with E-state index in [4.69, 9.17) is 16.3 Å². The van der Waals surface area contributed by atoms with E-state index in [9.17, 15) is 13.2 Å². The highest BCUT2D eigenvalue weighted by molar-refractivity contribution is 6.32. The van der Waals surface area contributed by atoms with Gasteiger partial charge >= 0.3 is 6.05 Å². The van der Waals surface area contributed by atoms with E-state index < -0.39 is 17.4 Å². The van der Waals surface area contributed by atoms with Gasteiger partial charge in [0.05, 0.1) is 31.0 Å². The summed E-state index contributed by atoms with van der Waals surface area (Å²) >= 11 is 5.98. The van der Waals surface area contributed by atoms with Gasteiger partial charge in [-0.2, -0.15) is 13.8 Å². The first-order valence-electron chi connectivity index (χ1n) is 10.00. The van der Waals surface area contributed by atoms with Crippen molar-refractivity contribution in [3.63, 3.8) is 0 Å². The molecule has 0 aliphatic carbocycles. The zero-order chi connectivity index (χ0) is 22.6. The molecule has 1 aromatic heterocycles. The molecule has 4 rings (SSSR count). The largest absolute Gasteiger partial charge is 0.378 e. The Morgan fingerprint density at radius 1 is 1.16 bits per heavy atom. The predicted octanol–water partition coefficient (Wildman–Crippen LogP) is 4.70. The highest BCUT2D eigenvalue weighted by atomic mass is 35.5. The van der Waals surface area contributed by atoms with Crippen LogP contribution in [0.15, 0.2) is 54.7 Å². The second-order valence-electron chi connectivity index (χ2n) is 7.25. The molecule has 168 valence electrons. The van der Waals surface area contributed by atoms with Gasteiger partial charge in [0.25, 0.3) is 0 Å². The normalized spacial score (nSPS) is 16.6. The van der Waals surface area contributed by atoms with Gasteiger partial charge in [0.2, 0.25) is 5.95 Å². The lowest BCUT2D eigenvalue weighted by atomic mass is 10.0. The smallest absolute Gasteiger partial charge is 0.354 e. The van der Waals surface area contributed by atoms with E-state index in [1.807, 2.05) is 29.6 Å². The van der Waals surface area contributed by atoms with E-state index in [-0.39, 0.29) is 22.8 Å². The van der Waals surface area contributed by atoms with Gasteiger partial charge in [-0.3, -0.25) is 0 Å². The lowest BCUT2D eigenvalue weighted by molar-refractivity contribution is 0.0242. The van der Waals surface area contributed by atoms with Crippen molar-refractivity contribution in [2.75, 3.05) is 30.4 Å². The maximum atomic E-state index is 14.6. The van der Waals surface area contributed by atoms with Crippen LogP contribution in [0.2, 0.25) is 5.02 Å². The number of aromatic nitrogens is 2. The predicted molar refractivity (Wildman–Crippen MR) is 116 cm³/mol. The average molecular weight is 464 g/mol. The summed E-state index contributed by atoms with van der Waals surface area (Å²) in [5, 5.41) is 8.18. The fraction of sp³-hybridized carbons (Fsp3) is 0.273. The first-order chi connectivity index (χ1) is 15.4. The third kappa shape index (κ3) is 5.29. The van der Waals surface area contributed by atoms with Crippen LogP contribution in [0.5, 0.6) is 0 Å². The van der Waals surface area contributed by atoms with Gasteiger partial charge in [-0.05, 0) is 23.3 Å². The van der Waals surface area contributed by atoms with Crippen molar-refractivity contribution in [3.05, 3.63) is 82.3 Å². The van der Waals surface area contributed by atoms with Crippen molar-refractivity contribution in [2.45, 2.75) is 18.6 Å². The Labute approximate surface area is 188 Å². The molecule has 3 aromatic rings. The summed E-state index contributed by atoms with van der Waals surface area (Å²) in [7, 11) is 0. The number of alkyl halides is 2. The number of hydrogen-bond acceptors (Lipinski definition) is 6. The molecule has 1 atom stereocenters. The van der Waals surface area contributed by atoms with Crippen molar-refractivity contribution in [2.24, 2.45) is 0 Å². The number of rotatable bonds is 7. The molecule has 1 aliphatic rings. The minimum absolute atomic E-state index is 0.104. The van der Waals surface area contributed by atoms with Crippen molar-refractivity contribution in [1.29, 1.82) is 0 Å². The Balaban J connectivity index is 1.42. The maximum Gasteiger partial charge on any atom is 0.354 e. The van der Waals surface area contributed by atoms with Gasteiger partial charge in [0, 0.05) is 13.1 Å². The molecule has 2 aromatic carbocycles. The minimum atomic E-state index is -3.71. The van der Waals surface area contributed by atoms with Crippen LogP contribution in [0.4, 0.5) is 24.9 Å². The summed E-state index contributed by atoms with van der Waals surface area (Å²) in [5.41, 5.74) is 1.27. The van der Waals surface area contributed by atoms with Crippen LogP contribution in [-0.4, -0.2) is 29.7 Å². The number of anilines is 2. The first-order valence-corrected chi connectivity index (χ1v) is 10.4. The third-order valence-corrected chi connectivity index (χ3v) is 5.26. The Kier molecular flexibility index (Phi) is 6.78. The van der Waals surface area contributed by atoms with Gasteiger partial charge in [-0.25, -0.2) is 9.37 Å². The monoisotopic (exact) mass is 463 g/mol. The molecule has 2 heterocycles. The molecule has 32 heavy (non-hydrogen) atoms. The van der Waals surface area contributed by atoms with Gasteiger partial charge < -0.3 is 20.7 Å². The van der Waals surface area contributed by atoms with Crippen LogP contribution in [0.1, 0.15) is 22.7 Å². The number of nitrogens with zero attached hydrogens (tertiary/aromatic N) is 2. The van der Waals surface area contributed by atoms with Crippen LogP contribution in [0.25, 0.3) is 0 Å². The number of nitrogens with one attached hydrogen (secondary N) is 3. The number of hydrogen-bond donors (Lipinski definition) is 3. The molecule has 0 radical (unpaired) electrons. The minimum Gasteiger partial charge on any atom is -0.378 e. The van der Waals surface area contributed by atoms with E-state index in [1.54, 1.807) is 0 Å². The molecule has 0 saturated carbocycles. The third-order valence-electron chi connectivity index (χ3n) is 4.99. The molecule has 0 bridgehead atoms. The quantitative estimate of drug-likeness (QED) is 0.441. The van der Waals surface area contributed by atoms with E-state index in [0.717, 1.165) is 29.8 Å². The summed E-state index contributed by atoms with van der Waals surface area (Å²) in [6, 6.07) is 8.99. The fourth-order valence-electron chi connectivity index (χ4n) is 3.30. The van der Waals surface area contributed by atoms with Gasteiger partial charge in [-0.15, -0.1) is 0 Å². The molecular formula is C22H21ClF3N5O. The van der Waals surface area contributed by atoms with Crippen LogP contribution in [0, 0.1) is 5.82 Å². The van der Waals surface area contributed by atoms with Crippen molar-refractivity contribution < 1.29 is 17.9 Å². The van der Waals surface area contributed by atoms with Crippen molar-refractivity contribution >= 4 is 23.4 Å².